The minimum absolute atomic E-state index is 0. The second-order valence-corrected chi connectivity index (χ2v) is 13.6. The molecule has 0 atom stereocenters. The Hall–Kier alpha value is -4.53. The number of hydroxylamine groups is 2. The lowest BCUT2D eigenvalue weighted by molar-refractivity contribution is -0.193. The van der Waals surface area contributed by atoms with E-state index in [4.69, 9.17) is 64.6 Å². The molecule has 346 valence electrons. The SMILES string of the molecule is CCC(CC)CCCOCCOCCON(C(=O)OC(C)(C)C)C(=O)OC(C)(C)C.COC(=O)CC(N)CC(=O)OC.Cl.NC(CC(=O)O)CC(=O)O.O=C=O.O=C=O. The second-order valence-electron chi connectivity index (χ2n) is 13.6. The number of amides is 2. The number of rotatable bonds is 21. The summed E-state index contributed by atoms with van der Waals surface area (Å²) in [7, 11) is 2.54. The molecule has 0 saturated carbocycles. The van der Waals surface area contributed by atoms with Crippen LogP contribution in [0.1, 0.15) is 107 Å². The number of hydrogen-bond acceptors (Lipinski definition) is 19. The van der Waals surface area contributed by atoms with E-state index in [1.165, 1.54) is 33.5 Å². The van der Waals surface area contributed by atoms with Crippen LogP contribution < -0.4 is 11.5 Å². The Kier molecular flexibility index (Phi) is 46.8. The smallest absolute Gasteiger partial charge is 0.444 e. The number of ether oxygens (including phenoxy) is 6. The maximum absolute atomic E-state index is 12.3. The van der Waals surface area contributed by atoms with Crippen molar-refractivity contribution in [3.05, 3.63) is 0 Å². The van der Waals surface area contributed by atoms with Crippen LogP contribution in [0.25, 0.3) is 0 Å². The number of imide groups is 1. The Balaban J connectivity index is -0.000000197. The third kappa shape index (κ3) is 55.6. The number of halogens is 1. The summed E-state index contributed by atoms with van der Waals surface area (Å²) < 4.78 is 30.1. The van der Waals surface area contributed by atoms with Crippen molar-refractivity contribution in [3.63, 3.8) is 0 Å². The zero-order valence-corrected chi connectivity index (χ0v) is 36.6. The highest BCUT2D eigenvalue weighted by molar-refractivity contribution is 5.86. The number of carboxylic acid groups (broad SMARTS) is 2. The van der Waals surface area contributed by atoms with E-state index in [-0.39, 0.29) is 63.6 Å². The molecule has 0 aromatic carbocycles. The molecule has 0 aliphatic carbocycles. The minimum Gasteiger partial charge on any atom is -0.481 e. The van der Waals surface area contributed by atoms with Crippen molar-refractivity contribution in [1.82, 2.24) is 5.06 Å². The zero-order valence-electron chi connectivity index (χ0n) is 35.8. The number of hydrogen-bond donors (Lipinski definition) is 4. The zero-order chi connectivity index (χ0) is 46.3. The van der Waals surface area contributed by atoms with Crippen LogP contribution in [0, 0.1) is 5.92 Å². The summed E-state index contributed by atoms with van der Waals surface area (Å²) in [5.41, 5.74) is 8.99. The van der Waals surface area contributed by atoms with Crippen LogP contribution in [0.3, 0.4) is 0 Å². The molecule has 2 amide bonds. The molecule has 0 rings (SSSR count). The van der Waals surface area contributed by atoms with Crippen LogP contribution in [-0.2, 0) is 71.6 Å². The van der Waals surface area contributed by atoms with Gasteiger partial charge >= 0.3 is 48.4 Å². The summed E-state index contributed by atoms with van der Waals surface area (Å²) >= 11 is 0. The molecule has 0 heterocycles. The fourth-order valence-corrected chi connectivity index (χ4v) is 3.65. The molecule has 0 aliphatic rings. The first-order valence-corrected chi connectivity index (χ1v) is 18.0. The molecule has 0 aromatic heterocycles. The van der Waals surface area contributed by atoms with E-state index in [0.29, 0.717) is 18.3 Å². The van der Waals surface area contributed by atoms with Crippen molar-refractivity contribution in [2.75, 3.05) is 47.3 Å². The van der Waals surface area contributed by atoms with Crippen molar-refractivity contribution in [1.29, 1.82) is 0 Å². The highest BCUT2D eigenvalue weighted by Crippen LogP contribution is 2.16. The van der Waals surface area contributed by atoms with Crippen LogP contribution in [0.4, 0.5) is 9.59 Å². The number of carboxylic acids is 2. The highest BCUT2D eigenvalue weighted by Gasteiger charge is 2.32. The monoisotopic (exact) mass is 879 g/mol. The number of carbonyl (C=O) groups is 6. The van der Waals surface area contributed by atoms with Gasteiger partial charge in [0.1, 0.15) is 11.2 Å². The Labute approximate surface area is 351 Å². The standard InChI is InChI=1S/C22H43NO7.C7H13NO4.C5H9NO4.2CO2.ClH/c1-9-18(10-2)12-11-13-26-14-15-27-16-17-28-23(19(24)29-21(3,4)5)20(25)30-22(6,7)8;1-11-6(9)3-5(8)4-7(10)12-2;6-3(1-4(7)8)2-5(9)10;2*2-1-3;/h18H,9-17H2,1-8H3;5H,3-4,8H2,1-2H3;3H,1-2,6H2,(H,7,8)(H,9,10);;;1H. The first-order valence-electron chi connectivity index (χ1n) is 18.0. The normalized spacial score (nSPS) is 10.1. The lowest BCUT2D eigenvalue weighted by Crippen LogP contribution is -2.44. The number of carbonyl (C=O) groups excluding carboxylic acids is 8. The lowest BCUT2D eigenvalue weighted by atomic mass is 9.98. The van der Waals surface area contributed by atoms with Gasteiger partial charge in [-0.3, -0.25) is 24.0 Å². The predicted octanol–water partition coefficient (Wildman–Crippen LogP) is 3.30. The van der Waals surface area contributed by atoms with Crippen molar-refractivity contribution in [3.8, 4) is 0 Å². The van der Waals surface area contributed by atoms with Gasteiger partial charge in [-0.2, -0.15) is 19.2 Å². The second kappa shape index (κ2) is 41.6. The molecule has 22 nitrogen and oxygen atoms in total. The van der Waals surface area contributed by atoms with Gasteiger partial charge in [0.05, 0.1) is 66.3 Å². The van der Waals surface area contributed by atoms with Gasteiger partial charge in [-0.25, -0.2) is 9.59 Å². The molecular weight excluding hydrogens is 814 g/mol. The van der Waals surface area contributed by atoms with Crippen LogP contribution in [-0.4, -0.2) is 134 Å². The first-order chi connectivity index (χ1) is 26.8. The van der Waals surface area contributed by atoms with Crippen LogP contribution >= 0.6 is 12.4 Å². The van der Waals surface area contributed by atoms with E-state index < -0.39 is 59.3 Å². The summed E-state index contributed by atoms with van der Waals surface area (Å²) in [5.74, 6) is -2.22. The van der Waals surface area contributed by atoms with E-state index in [0.717, 1.165) is 18.9 Å². The topological polar surface area (TPSA) is 331 Å². The van der Waals surface area contributed by atoms with Crippen LogP contribution in [0.15, 0.2) is 0 Å². The lowest BCUT2D eigenvalue weighted by Gasteiger charge is -2.27. The molecular formula is C36H66ClN3O19. The number of esters is 2. The van der Waals surface area contributed by atoms with E-state index in [1.54, 1.807) is 41.5 Å². The van der Waals surface area contributed by atoms with Gasteiger partial charge in [0, 0.05) is 18.7 Å². The van der Waals surface area contributed by atoms with Crippen molar-refractivity contribution in [2.24, 2.45) is 17.4 Å². The van der Waals surface area contributed by atoms with E-state index in [2.05, 4.69) is 23.3 Å². The number of nitrogens with zero attached hydrogens (tertiary/aromatic N) is 1. The van der Waals surface area contributed by atoms with Gasteiger partial charge in [0.15, 0.2) is 0 Å². The summed E-state index contributed by atoms with van der Waals surface area (Å²) in [6, 6.07) is -1.31. The van der Waals surface area contributed by atoms with Crippen molar-refractivity contribution < 1.29 is 91.4 Å². The fraction of sp³-hybridized carbons (Fsp3) is 0.778. The largest absolute Gasteiger partial charge is 0.481 e. The quantitative estimate of drug-likeness (QED) is 0.0556. The van der Waals surface area contributed by atoms with E-state index in [1.807, 2.05) is 0 Å². The predicted molar refractivity (Wildman–Crippen MR) is 206 cm³/mol. The Morgan fingerprint density at radius 2 is 0.932 bits per heavy atom. The molecule has 0 fully saturated rings. The highest BCUT2D eigenvalue weighted by atomic mass is 35.5. The van der Waals surface area contributed by atoms with E-state index >= 15 is 0 Å². The van der Waals surface area contributed by atoms with Crippen molar-refractivity contribution in [2.45, 2.75) is 130 Å². The molecule has 0 bridgehead atoms. The third-order valence-corrected chi connectivity index (χ3v) is 6.18. The minimum atomic E-state index is -1.08. The molecule has 0 spiro atoms. The number of nitrogens with two attached hydrogens (primary N) is 2. The molecule has 23 heteroatoms. The number of methoxy groups -OCH3 is 2. The summed E-state index contributed by atoms with van der Waals surface area (Å²) in [6.07, 6.45) is 2.76. The van der Waals surface area contributed by atoms with Crippen LogP contribution in [0.5, 0.6) is 0 Å². The molecule has 0 unspecified atom stereocenters. The third-order valence-electron chi connectivity index (χ3n) is 6.18. The maximum atomic E-state index is 12.3. The summed E-state index contributed by atoms with van der Waals surface area (Å²) in [6.45, 7) is 16.5. The summed E-state index contributed by atoms with van der Waals surface area (Å²) in [5, 5.41) is 16.7. The number of aliphatic carboxylic acids is 2. The molecule has 6 N–H and O–H groups in total. The average molecular weight is 880 g/mol. The van der Waals surface area contributed by atoms with Gasteiger partial charge in [-0.1, -0.05) is 31.8 Å². The molecule has 0 radical (unpaired) electrons. The summed E-state index contributed by atoms with van der Waals surface area (Å²) in [4.78, 5) is 103. The molecule has 0 aromatic rings. The average Bonchev–Trinajstić information content (AvgIpc) is 3.07. The first kappa shape index (κ1) is 66.3. The van der Waals surface area contributed by atoms with Gasteiger partial charge in [-0.05, 0) is 60.3 Å². The molecule has 0 aliphatic heterocycles. The van der Waals surface area contributed by atoms with Gasteiger partial charge in [0.25, 0.3) is 0 Å². The Morgan fingerprint density at radius 1 is 0.610 bits per heavy atom. The van der Waals surface area contributed by atoms with Gasteiger partial charge < -0.3 is 50.1 Å². The Morgan fingerprint density at radius 3 is 1.24 bits per heavy atom. The van der Waals surface area contributed by atoms with Crippen LogP contribution in [0.2, 0.25) is 0 Å². The van der Waals surface area contributed by atoms with Gasteiger partial charge in [-0.15, -0.1) is 12.4 Å². The molecule has 0 saturated heterocycles. The van der Waals surface area contributed by atoms with E-state index in [9.17, 15) is 28.8 Å². The van der Waals surface area contributed by atoms with Gasteiger partial charge in [0.2, 0.25) is 0 Å². The Bertz CT molecular complexity index is 1130. The van der Waals surface area contributed by atoms with Crippen molar-refractivity contribution >= 4 is 60.8 Å². The fourth-order valence-electron chi connectivity index (χ4n) is 3.65. The molecule has 59 heavy (non-hydrogen) atoms. The maximum Gasteiger partial charge on any atom is 0.444 e.